The van der Waals surface area contributed by atoms with Gasteiger partial charge in [-0.15, -0.1) is 0 Å². The topological polar surface area (TPSA) is 50.1 Å². The summed E-state index contributed by atoms with van der Waals surface area (Å²) in [6.45, 7) is 1.97. The highest BCUT2D eigenvalue weighted by molar-refractivity contribution is 5.80. The van der Waals surface area contributed by atoms with Gasteiger partial charge in [-0.05, 0) is 18.2 Å². The van der Waals surface area contributed by atoms with Crippen molar-refractivity contribution in [1.29, 1.82) is 0 Å². The van der Waals surface area contributed by atoms with Crippen LogP contribution in [0.2, 0.25) is 0 Å². The second-order valence-corrected chi connectivity index (χ2v) is 3.64. The van der Waals surface area contributed by atoms with Crippen LogP contribution in [0, 0.1) is 0 Å². The van der Waals surface area contributed by atoms with Crippen molar-refractivity contribution in [2.75, 3.05) is 13.1 Å². The number of rotatable bonds is 1. The number of nitrogens with one attached hydrogen (secondary N) is 1. The number of hydrogen-bond donors (Lipinski definition) is 2. The van der Waals surface area contributed by atoms with Gasteiger partial charge < -0.3 is 10.4 Å². The summed E-state index contributed by atoms with van der Waals surface area (Å²) in [5.41, 5.74) is 1.09. The van der Waals surface area contributed by atoms with Crippen LogP contribution in [-0.2, 0) is 0 Å². The Morgan fingerprint density at radius 3 is 3.00 bits per heavy atom. The maximum absolute atomic E-state index is 9.30. The Bertz CT molecular complexity index is 473. The van der Waals surface area contributed by atoms with Crippen LogP contribution in [0.25, 0.3) is 10.9 Å². The van der Waals surface area contributed by atoms with Crippen molar-refractivity contribution >= 4 is 10.9 Å². The number of nitrogens with zero attached hydrogens (tertiary/aromatic N) is 2. The molecule has 0 spiro atoms. The first-order chi connectivity index (χ1) is 6.84. The third-order valence-corrected chi connectivity index (χ3v) is 2.68. The number of hydrogen-bond acceptors (Lipinski definition) is 3. The van der Waals surface area contributed by atoms with E-state index in [1.54, 1.807) is 18.3 Å². The zero-order valence-corrected chi connectivity index (χ0v) is 7.64. The van der Waals surface area contributed by atoms with Crippen LogP contribution in [0.15, 0.2) is 24.4 Å². The summed E-state index contributed by atoms with van der Waals surface area (Å²) >= 11 is 0. The fraction of sp³-hybridized carbons (Fsp3) is 0.300. The third kappa shape index (κ3) is 1.01. The van der Waals surface area contributed by atoms with E-state index in [9.17, 15) is 5.11 Å². The molecular formula is C10H11N3O. The van der Waals surface area contributed by atoms with Crippen molar-refractivity contribution in [2.24, 2.45) is 0 Å². The van der Waals surface area contributed by atoms with Gasteiger partial charge in [0, 0.05) is 18.5 Å². The molecule has 0 bridgehead atoms. The molecule has 1 aliphatic heterocycles. The van der Waals surface area contributed by atoms with Gasteiger partial charge in [-0.25, -0.2) is 0 Å². The number of aromatic hydroxyl groups is 1. The molecule has 4 nitrogen and oxygen atoms in total. The quantitative estimate of drug-likeness (QED) is 0.700. The summed E-state index contributed by atoms with van der Waals surface area (Å²) in [6, 6.07) is 5.82. The molecule has 1 fully saturated rings. The third-order valence-electron chi connectivity index (χ3n) is 2.68. The van der Waals surface area contributed by atoms with Crippen LogP contribution in [0.1, 0.15) is 6.04 Å². The average Bonchev–Trinajstić information content (AvgIpc) is 2.45. The summed E-state index contributed by atoms with van der Waals surface area (Å²) in [5, 5.41) is 17.8. The van der Waals surface area contributed by atoms with Crippen LogP contribution in [0.4, 0.5) is 0 Å². The van der Waals surface area contributed by atoms with E-state index in [0.29, 0.717) is 11.8 Å². The van der Waals surface area contributed by atoms with E-state index in [4.69, 9.17) is 0 Å². The molecule has 3 rings (SSSR count). The second kappa shape index (κ2) is 2.72. The molecule has 2 heterocycles. The Balaban J connectivity index is 2.16. The second-order valence-electron chi connectivity index (χ2n) is 3.64. The summed E-state index contributed by atoms with van der Waals surface area (Å²) < 4.78 is 2.02. The maximum Gasteiger partial charge on any atom is 0.116 e. The van der Waals surface area contributed by atoms with Gasteiger partial charge >= 0.3 is 0 Å². The highest BCUT2D eigenvalue weighted by Gasteiger charge is 2.20. The maximum atomic E-state index is 9.30. The van der Waals surface area contributed by atoms with Crippen molar-refractivity contribution in [3.05, 3.63) is 24.4 Å². The number of benzene rings is 1. The number of fused-ring (bicyclic) bond motifs is 1. The van der Waals surface area contributed by atoms with Gasteiger partial charge in [0.25, 0.3) is 0 Å². The molecule has 1 aromatic heterocycles. The summed E-state index contributed by atoms with van der Waals surface area (Å²) in [5.74, 6) is 0.295. The molecule has 2 aromatic rings. The van der Waals surface area contributed by atoms with E-state index in [2.05, 4.69) is 10.4 Å². The van der Waals surface area contributed by atoms with Crippen LogP contribution >= 0.6 is 0 Å². The SMILES string of the molecule is Oc1ccc2c(cnn2C2CNC2)c1. The standard InChI is InChI=1S/C10H11N3O/c14-9-1-2-10-7(3-9)4-12-13(10)8-5-11-6-8/h1-4,8,11,14H,5-6H2. The van der Waals surface area contributed by atoms with E-state index in [1.807, 2.05) is 10.7 Å². The van der Waals surface area contributed by atoms with Gasteiger partial charge in [-0.2, -0.15) is 5.10 Å². The molecule has 0 atom stereocenters. The van der Waals surface area contributed by atoms with Gasteiger partial charge in [0.2, 0.25) is 0 Å². The van der Waals surface area contributed by atoms with Crippen molar-refractivity contribution in [1.82, 2.24) is 15.1 Å². The lowest BCUT2D eigenvalue weighted by atomic mass is 10.1. The van der Waals surface area contributed by atoms with Gasteiger partial charge in [-0.1, -0.05) is 0 Å². The lowest BCUT2D eigenvalue weighted by Crippen LogP contribution is -2.43. The predicted octanol–water partition coefficient (Wildman–Crippen LogP) is 0.886. The molecular weight excluding hydrogens is 178 g/mol. The van der Waals surface area contributed by atoms with Gasteiger partial charge in [0.1, 0.15) is 5.75 Å². The molecule has 1 saturated heterocycles. The molecule has 1 aromatic carbocycles. The molecule has 0 saturated carbocycles. The van der Waals surface area contributed by atoms with Crippen LogP contribution in [0.5, 0.6) is 5.75 Å². The van der Waals surface area contributed by atoms with Crippen LogP contribution in [0.3, 0.4) is 0 Å². The lowest BCUT2D eigenvalue weighted by molar-refractivity contribution is 0.326. The Morgan fingerprint density at radius 1 is 1.43 bits per heavy atom. The number of phenolic OH excluding ortho intramolecular Hbond substituents is 1. The van der Waals surface area contributed by atoms with E-state index >= 15 is 0 Å². The summed E-state index contributed by atoms with van der Waals surface area (Å²) in [4.78, 5) is 0. The molecule has 0 amide bonds. The van der Waals surface area contributed by atoms with E-state index < -0.39 is 0 Å². The monoisotopic (exact) mass is 189 g/mol. The van der Waals surface area contributed by atoms with E-state index in [0.717, 1.165) is 24.0 Å². The minimum atomic E-state index is 0.295. The molecule has 1 aliphatic rings. The van der Waals surface area contributed by atoms with Crippen molar-refractivity contribution < 1.29 is 5.11 Å². The largest absolute Gasteiger partial charge is 0.508 e. The normalized spacial score (nSPS) is 17.1. The Kier molecular flexibility index (Phi) is 1.52. The smallest absolute Gasteiger partial charge is 0.116 e. The summed E-state index contributed by atoms with van der Waals surface area (Å²) in [6.07, 6.45) is 1.80. The van der Waals surface area contributed by atoms with Crippen molar-refractivity contribution in [2.45, 2.75) is 6.04 Å². The average molecular weight is 189 g/mol. The number of phenols is 1. The molecule has 4 heteroatoms. The van der Waals surface area contributed by atoms with Crippen molar-refractivity contribution in [3.8, 4) is 5.75 Å². The molecule has 0 unspecified atom stereocenters. The minimum absolute atomic E-state index is 0.295. The molecule has 0 aliphatic carbocycles. The first-order valence-electron chi connectivity index (χ1n) is 4.71. The molecule has 14 heavy (non-hydrogen) atoms. The molecule has 2 N–H and O–H groups in total. The molecule has 0 radical (unpaired) electrons. The lowest BCUT2D eigenvalue weighted by Gasteiger charge is -2.27. The van der Waals surface area contributed by atoms with Gasteiger partial charge in [0.05, 0.1) is 17.8 Å². The number of aromatic nitrogens is 2. The Hall–Kier alpha value is -1.55. The fourth-order valence-electron chi connectivity index (χ4n) is 1.78. The minimum Gasteiger partial charge on any atom is -0.508 e. The highest BCUT2D eigenvalue weighted by atomic mass is 16.3. The highest BCUT2D eigenvalue weighted by Crippen LogP contribution is 2.23. The Morgan fingerprint density at radius 2 is 2.29 bits per heavy atom. The first kappa shape index (κ1) is 7.82. The predicted molar refractivity (Wildman–Crippen MR) is 53.3 cm³/mol. The molecule has 72 valence electrons. The van der Waals surface area contributed by atoms with Crippen LogP contribution in [-0.4, -0.2) is 28.0 Å². The van der Waals surface area contributed by atoms with Gasteiger partial charge in [0.15, 0.2) is 0 Å². The van der Waals surface area contributed by atoms with E-state index in [1.165, 1.54) is 0 Å². The van der Waals surface area contributed by atoms with Gasteiger partial charge in [-0.3, -0.25) is 4.68 Å². The first-order valence-corrected chi connectivity index (χ1v) is 4.71. The zero-order valence-electron chi connectivity index (χ0n) is 7.64. The Labute approximate surface area is 81.2 Å². The van der Waals surface area contributed by atoms with E-state index in [-0.39, 0.29) is 0 Å². The zero-order chi connectivity index (χ0) is 9.54. The van der Waals surface area contributed by atoms with Crippen LogP contribution < -0.4 is 5.32 Å². The fourth-order valence-corrected chi connectivity index (χ4v) is 1.78. The summed E-state index contributed by atoms with van der Waals surface area (Å²) in [7, 11) is 0. The van der Waals surface area contributed by atoms with Crippen molar-refractivity contribution in [3.63, 3.8) is 0 Å².